The number of sulfone groups is 1. The first kappa shape index (κ1) is 24.3. The largest absolute Gasteiger partial charge is 0.496 e. The van der Waals surface area contributed by atoms with Gasteiger partial charge >= 0.3 is 0 Å². The zero-order valence-electron chi connectivity index (χ0n) is 18.0. The van der Waals surface area contributed by atoms with Gasteiger partial charge in [-0.3, -0.25) is 9.59 Å². The molecule has 0 saturated heterocycles. The highest BCUT2D eigenvalue weighted by Gasteiger charge is 2.21. The van der Waals surface area contributed by atoms with Crippen molar-refractivity contribution < 1.29 is 27.5 Å². The second kappa shape index (κ2) is 10.5. The number of nitrogens with one attached hydrogen (secondary N) is 1. The van der Waals surface area contributed by atoms with E-state index in [0.29, 0.717) is 33.4 Å². The molecular weight excluding hydrogens is 466 g/mol. The lowest BCUT2D eigenvalue weighted by Crippen LogP contribution is -2.24. The molecule has 0 unspecified atom stereocenters. The molecule has 1 amide bonds. The van der Waals surface area contributed by atoms with Crippen LogP contribution in [-0.4, -0.2) is 33.0 Å². The summed E-state index contributed by atoms with van der Waals surface area (Å²) in [6.45, 7) is 1.38. The maximum atomic E-state index is 12.7. The Morgan fingerprint density at radius 2 is 1.67 bits per heavy atom. The average molecular weight is 488 g/mol. The molecule has 0 aliphatic heterocycles. The Morgan fingerprint density at radius 1 is 0.970 bits per heavy atom. The van der Waals surface area contributed by atoms with E-state index >= 15 is 0 Å². The molecule has 0 bridgehead atoms. The number of anilines is 1. The Labute approximate surface area is 197 Å². The van der Waals surface area contributed by atoms with Crippen LogP contribution in [0.2, 0.25) is 5.02 Å². The highest BCUT2D eigenvalue weighted by Crippen LogP contribution is 2.32. The summed E-state index contributed by atoms with van der Waals surface area (Å²) < 4.78 is 36.5. The third-order valence-electron chi connectivity index (χ3n) is 4.60. The van der Waals surface area contributed by atoms with Crippen LogP contribution >= 0.6 is 11.6 Å². The zero-order chi connectivity index (χ0) is 24.0. The Kier molecular flexibility index (Phi) is 7.73. The van der Waals surface area contributed by atoms with Crippen molar-refractivity contribution in [3.63, 3.8) is 0 Å². The summed E-state index contributed by atoms with van der Waals surface area (Å²) in [6.07, 6.45) is 0. The molecule has 172 valence electrons. The van der Waals surface area contributed by atoms with Crippen molar-refractivity contribution in [2.75, 3.05) is 18.2 Å². The summed E-state index contributed by atoms with van der Waals surface area (Å²) in [7, 11) is -2.49. The van der Waals surface area contributed by atoms with E-state index in [1.54, 1.807) is 42.5 Å². The van der Waals surface area contributed by atoms with Crippen molar-refractivity contribution >= 4 is 38.8 Å². The number of Topliss-reactive ketones (excluding diaryl/α,β-unsaturated/α-hetero) is 1. The lowest BCUT2D eigenvalue weighted by Gasteiger charge is -2.14. The molecule has 0 atom stereocenters. The summed E-state index contributed by atoms with van der Waals surface area (Å²) in [6, 6.07) is 18.1. The third kappa shape index (κ3) is 6.81. The second-order valence-corrected chi connectivity index (χ2v) is 9.72. The van der Waals surface area contributed by atoms with E-state index in [4.69, 9.17) is 21.1 Å². The number of halogens is 1. The molecule has 9 heteroatoms. The lowest BCUT2D eigenvalue weighted by molar-refractivity contribution is -0.113. The highest BCUT2D eigenvalue weighted by atomic mass is 35.5. The Hall–Kier alpha value is -3.36. The smallest absolute Gasteiger partial charge is 0.239 e. The van der Waals surface area contributed by atoms with Crippen LogP contribution in [0.15, 0.2) is 66.7 Å². The van der Waals surface area contributed by atoms with Gasteiger partial charge in [0, 0.05) is 16.1 Å². The van der Waals surface area contributed by atoms with Crippen molar-refractivity contribution in [1.82, 2.24) is 0 Å². The molecule has 1 N–H and O–H groups in total. The van der Waals surface area contributed by atoms with Crippen LogP contribution in [0.1, 0.15) is 22.8 Å². The number of carbonyl (C=O) groups is 2. The number of hydrogen-bond donors (Lipinski definition) is 1. The van der Waals surface area contributed by atoms with Crippen LogP contribution in [0, 0.1) is 0 Å². The van der Waals surface area contributed by atoms with Crippen LogP contribution < -0.4 is 14.8 Å². The van der Waals surface area contributed by atoms with E-state index in [-0.39, 0.29) is 11.5 Å². The number of carbonyl (C=O) groups excluding carboxylic acids is 2. The fraction of sp³-hybridized carbons (Fsp3) is 0.167. The van der Waals surface area contributed by atoms with Crippen LogP contribution in [-0.2, 0) is 20.4 Å². The molecule has 33 heavy (non-hydrogen) atoms. The van der Waals surface area contributed by atoms with Crippen LogP contribution in [0.25, 0.3) is 0 Å². The first-order valence-corrected chi connectivity index (χ1v) is 12.1. The minimum absolute atomic E-state index is 0.207. The van der Waals surface area contributed by atoms with Crippen molar-refractivity contribution in [3.05, 3.63) is 82.9 Å². The number of benzene rings is 3. The quantitative estimate of drug-likeness (QED) is 0.431. The standard InChI is InChI=1S/C24H22ClNO6S/c1-16(27)17-8-10-22(31-2)18(12-17)14-33(29,30)15-24(28)26-21-13-19(25)9-11-23(21)32-20-6-4-3-5-7-20/h3-13H,14-15H2,1-2H3,(H,26,28). The number of methoxy groups -OCH3 is 1. The van der Waals surface area contributed by atoms with Crippen molar-refractivity contribution in [1.29, 1.82) is 0 Å². The highest BCUT2D eigenvalue weighted by molar-refractivity contribution is 7.91. The maximum Gasteiger partial charge on any atom is 0.239 e. The number of hydrogen-bond acceptors (Lipinski definition) is 6. The fourth-order valence-electron chi connectivity index (χ4n) is 3.09. The maximum absolute atomic E-state index is 12.7. The number of rotatable bonds is 9. The molecule has 0 aromatic heterocycles. The molecule has 3 aromatic rings. The van der Waals surface area contributed by atoms with Crippen molar-refractivity contribution in [2.24, 2.45) is 0 Å². The fourth-order valence-corrected chi connectivity index (χ4v) is 4.53. The minimum Gasteiger partial charge on any atom is -0.496 e. The van der Waals surface area contributed by atoms with Gasteiger partial charge in [0.2, 0.25) is 5.91 Å². The van der Waals surface area contributed by atoms with E-state index in [1.807, 2.05) is 6.07 Å². The van der Waals surface area contributed by atoms with E-state index in [1.165, 1.54) is 32.2 Å². The van der Waals surface area contributed by atoms with Gasteiger partial charge in [0.05, 0.1) is 18.6 Å². The van der Waals surface area contributed by atoms with Gasteiger partial charge in [-0.05, 0) is 55.5 Å². The van der Waals surface area contributed by atoms with Gasteiger partial charge in [-0.2, -0.15) is 0 Å². The number of ketones is 1. The molecular formula is C24H22ClNO6S. The zero-order valence-corrected chi connectivity index (χ0v) is 19.6. The van der Waals surface area contributed by atoms with Gasteiger partial charge in [0.1, 0.15) is 17.3 Å². The first-order valence-electron chi connectivity index (χ1n) is 9.87. The Bertz CT molecular complexity index is 1280. The topological polar surface area (TPSA) is 98.8 Å². The molecule has 0 heterocycles. The first-order chi connectivity index (χ1) is 15.7. The molecule has 0 spiro atoms. The van der Waals surface area contributed by atoms with E-state index in [2.05, 4.69) is 5.32 Å². The average Bonchev–Trinajstić information content (AvgIpc) is 2.75. The Balaban J connectivity index is 1.76. The molecule has 0 aliphatic rings. The summed E-state index contributed by atoms with van der Waals surface area (Å²) in [4.78, 5) is 24.2. The molecule has 3 aromatic carbocycles. The molecule has 0 saturated carbocycles. The van der Waals surface area contributed by atoms with Crippen LogP contribution in [0.3, 0.4) is 0 Å². The van der Waals surface area contributed by atoms with Gasteiger partial charge in [-0.1, -0.05) is 29.8 Å². The second-order valence-electron chi connectivity index (χ2n) is 7.22. The van der Waals surface area contributed by atoms with Gasteiger partial charge in [-0.15, -0.1) is 0 Å². The molecule has 3 rings (SSSR count). The van der Waals surface area contributed by atoms with Gasteiger partial charge < -0.3 is 14.8 Å². The normalized spacial score (nSPS) is 11.0. The van der Waals surface area contributed by atoms with E-state index < -0.39 is 27.3 Å². The predicted octanol–water partition coefficient (Wildman–Crippen LogP) is 4.90. The van der Waals surface area contributed by atoms with Crippen molar-refractivity contribution in [2.45, 2.75) is 12.7 Å². The van der Waals surface area contributed by atoms with E-state index in [9.17, 15) is 18.0 Å². The molecule has 0 aliphatic carbocycles. The summed E-state index contributed by atoms with van der Waals surface area (Å²) in [5.41, 5.74) is 0.892. The number of para-hydroxylation sites is 1. The third-order valence-corrected chi connectivity index (χ3v) is 6.29. The Morgan fingerprint density at radius 3 is 2.33 bits per heavy atom. The van der Waals surface area contributed by atoms with E-state index in [0.717, 1.165) is 0 Å². The van der Waals surface area contributed by atoms with Gasteiger partial charge in [-0.25, -0.2) is 8.42 Å². The predicted molar refractivity (Wildman–Crippen MR) is 127 cm³/mol. The monoisotopic (exact) mass is 487 g/mol. The minimum atomic E-state index is -3.89. The number of amides is 1. The van der Waals surface area contributed by atoms with Crippen LogP contribution in [0.4, 0.5) is 5.69 Å². The van der Waals surface area contributed by atoms with Crippen molar-refractivity contribution in [3.8, 4) is 17.2 Å². The summed E-state index contributed by atoms with van der Waals surface area (Å²) in [5, 5.41) is 2.91. The van der Waals surface area contributed by atoms with Crippen LogP contribution in [0.5, 0.6) is 17.2 Å². The summed E-state index contributed by atoms with van der Waals surface area (Å²) >= 11 is 6.05. The SMILES string of the molecule is COc1ccc(C(C)=O)cc1CS(=O)(=O)CC(=O)Nc1cc(Cl)ccc1Oc1ccccc1. The van der Waals surface area contributed by atoms with Gasteiger partial charge in [0.15, 0.2) is 21.4 Å². The van der Waals surface area contributed by atoms with Gasteiger partial charge in [0.25, 0.3) is 0 Å². The molecule has 7 nitrogen and oxygen atoms in total. The molecule has 0 fully saturated rings. The number of ether oxygens (including phenoxy) is 2. The summed E-state index contributed by atoms with van der Waals surface area (Å²) in [5.74, 6) is -1.03. The molecule has 0 radical (unpaired) electrons. The lowest BCUT2D eigenvalue weighted by atomic mass is 10.1.